The van der Waals surface area contributed by atoms with Crippen LogP contribution >= 0.6 is 11.3 Å². The number of rotatable bonds is 4. The Labute approximate surface area is 123 Å². The fraction of sp³-hybridized carbons (Fsp3) is 0.643. The zero-order valence-electron chi connectivity index (χ0n) is 12.7. The van der Waals surface area contributed by atoms with Gasteiger partial charge in [0.25, 0.3) is 0 Å². The molecule has 0 fully saturated rings. The topological polar surface area (TPSA) is 63.8 Å². The first kappa shape index (κ1) is 15.1. The lowest BCUT2D eigenvalue weighted by Gasteiger charge is -2.14. The van der Waals surface area contributed by atoms with Crippen LogP contribution < -0.4 is 0 Å². The van der Waals surface area contributed by atoms with Crippen molar-refractivity contribution in [3.8, 4) is 0 Å². The van der Waals surface area contributed by atoms with Crippen LogP contribution in [-0.4, -0.2) is 24.9 Å². The number of thiazole rings is 1. The highest BCUT2D eigenvalue weighted by Gasteiger charge is 2.22. The fourth-order valence-corrected chi connectivity index (χ4v) is 2.87. The summed E-state index contributed by atoms with van der Waals surface area (Å²) in [6.07, 6.45) is 1.33. The Balaban J connectivity index is 2.14. The maximum absolute atomic E-state index is 10.3. The monoisotopic (exact) mass is 294 g/mol. The number of nitrogens with zero attached hydrogens (tertiary/aromatic N) is 4. The molecule has 0 aliphatic heterocycles. The van der Waals surface area contributed by atoms with E-state index in [-0.39, 0.29) is 11.5 Å². The van der Waals surface area contributed by atoms with Crippen LogP contribution in [0, 0.1) is 0 Å². The maximum Gasteiger partial charge on any atom is 0.138 e. The van der Waals surface area contributed by atoms with E-state index in [0.717, 1.165) is 16.5 Å². The zero-order chi connectivity index (χ0) is 14.9. The minimum Gasteiger partial charge on any atom is -0.386 e. The predicted octanol–water partition coefficient (Wildman–Crippen LogP) is 2.89. The maximum atomic E-state index is 10.3. The van der Waals surface area contributed by atoms with Crippen molar-refractivity contribution >= 4 is 11.3 Å². The average molecular weight is 294 g/mol. The van der Waals surface area contributed by atoms with Crippen LogP contribution in [0.5, 0.6) is 0 Å². The van der Waals surface area contributed by atoms with E-state index < -0.39 is 6.10 Å². The van der Waals surface area contributed by atoms with E-state index in [1.165, 1.54) is 6.33 Å². The number of aliphatic hydroxyl groups excluding tert-OH is 1. The minimum absolute atomic E-state index is 0.0145. The molecule has 0 aliphatic rings. The predicted molar refractivity (Wildman–Crippen MR) is 79.9 cm³/mol. The smallest absolute Gasteiger partial charge is 0.138 e. The van der Waals surface area contributed by atoms with Crippen LogP contribution in [0.4, 0.5) is 0 Å². The van der Waals surface area contributed by atoms with Crippen LogP contribution in [0.2, 0.25) is 0 Å². The highest BCUT2D eigenvalue weighted by molar-refractivity contribution is 7.09. The summed E-state index contributed by atoms with van der Waals surface area (Å²) in [4.78, 5) is 8.77. The molecule has 1 atom stereocenters. The molecule has 110 valence electrons. The highest BCUT2D eigenvalue weighted by atomic mass is 32.1. The third-order valence-electron chi connectivity index (χ3n) is 3.02. The van der Waals surface area contributed by atoms with E-state index in [4.69, 9.17) is 0 Å². The Bertz CT molecular complexity index is 568. The second-order valence-corrected chi connectivity index (χ2v) is 7.12. The molecule has 2 heterocycles. The molecule has 20 heavy (non-hydrogen) atoms. The first-order valence-electron chi connectivity index (χ1n) is 6.81. The number of hydrogen-bond acceptors (Lipinski definition) is 5. The summed E-state index contributed by atoms with van der Waals surface area (Å²) in [5.74, 6) is 0.790. The van der Waals surface area contributed by atoms with Crippen molar-refractivity contribution in [2.24, 2.45) is 0 Å². The van der Waals surface area contributed by atoms with Gasteiger partial charge in [-0.15, -0.1) is 11.3 Å². The van der Waals surface area contributed by atoms with Crippen LogP contribution in [0.3, 0.4) is 0 Å². The van der Waals surface area contributed by atoms with E-state index >= 15 is 0 Å². The molecule has 6 heteroatoms. The molecule has 0 aliphatic carbocycles. The van der Waals surface area contributed by atoms with E-state index in [1.807, 2.05) is 23.9 Å². The number of aliphatic hydroxyl groups is 1. The van der Waals surface area contributed by atoms with E-state index in [2.05, 4.69) is 35.8 Å². The Kier molecular flexibility index (Phi) is 4.25. The van der Waals surface area contributed by atoms with E-state index in [1.54, 1.807) is 11.3 Å². The first-order chi connectivity index (χ1) is 9.29. The molecule has 1 N–H and O–H groups in total. The lowest BCUT2D eigenvalue weighted by atomic mass is 9.98. The molecular weight excluding hydrogens is 272 g/mol. The van der Waals surface area contributed by atoms with E-state index in [0.29, 0.717) is 6.42 Å². The molecule has 1 unspecified atom stereocenters. The molecule has 2 aromatic heterocycles. The van der Waals surface area contributed by atoms with Crippen molar-refractivity contribution < 1.29 is 5.11 Å². The summed E-state index contributed by atoms with van der Waals surface area (Å²) in [6.45, 7) is 10.5. The van der Waals surface area contributed by atoms with Crippen molar-refractivity contribution in [3.05, 3.63) is 28.2 Å². The largest absolute Gasteiger partial charge is 0.386 e. The van der Waals surface area contributed by atoms with Gasteiger partial charge in [0.1, 0.15) is 18.3 Å². The van der Waals surface area contributed by atoms with Crippen LogP contribution in [0.1, 0.15) is 63.3 Å². The summed E-state index contributed by atoms with van der Waals surface area (Å²) in [7, 11) is 0. The lowest BCUT2D eigenvalue weighted by molar-refractivity contribution is 0.169. The summed E-state index contributed by atoms with van der Waals surface area (Å²) >= 11 is 1.59. The van der Waals surface area contributed by atoms with Gasteiger partial charge in [-0.25, -0.2) is 14.6 Å². The van der Waals surface area contributed by atoms with Gasteiger partial charge in [-0.1, -0.05) is 20.8 Å². The van der Waals surface area contributed by atoms with Gasteiger partial charge in [-0.2, -0.15) is 5.10 Å². The SMILES string of the molecule is CC(C)n1ncnc1CC(O)c1csc(C(C)(C)C)n1. The van der Waals surface area contributed by atoms with Gasteiger partial charge in [-0.05, 0) is 13.8 Å². The molecule has 2 rings (SSSR count). The third kappa shape index (κ3) is 3.24. The normalized spacial score (nSPS) is 13.9. The molecule has 0 amide bonds. The molecule has 5 nitrogen and oxygen atoms in total. The highest BCUT2D eigenvalue weighted by Crippen LogP contribution is 2.28. The molecule has 0 saturated carbocycles. The van der Waals surface area contributed by atoms with Crippen LogP contribution in [-0.2, 0) is 11.8 Å². The molecular formula is C14H22N4OS. The standard InChI is InChI=1S/C14H22N4OS/c1-9(2)18-12(15-8-16-18)6-11(19)10-7-20-13(17-10)14(3,4)5/h7-9,11,19H,6H2,1-5H3. The number of hydrogen-bond donors (Lipinski definition) is 1. The van der Waals surface area contributed by atoms with Gasteiger partial charge >= 0.3 is 0 Å². The van der Waals surface area contributed by atoms with Gasteiger partial charge in [0, 0.05) is 23.3 Å². The Hall–Kier alpha value is -1.27. The molecule has 0 saturated heterocycles. The Morgan fingerprint density at radius 3 is 2.60 bits per heavy atom. The zero-order valence-corrected chi connectivity index (χ0v) is 13.5. The fourth-order valence-electron chi connectivity index (χ4n) is 1.91. The average Bonchev–Trinajstić information content (AvgIpc) is 2.95. The quantitative estimate of drug-likeness (QED) is 0.941. The second-order valence-electron chi connectivity index (χ2n) is 6.26. The summed E-state index contributed by atoms with van der Waals surface area (Å²) < 4.78 is 1.83. The summed E-state index contributed by atoms with van der Waals surface area (Å²) in [5.41, 5.74) is 0.735. The Morgan fingerprint density at radius 2 is 2.05 bits per heavy atom. The molecule has 0 aromatic carbocycles. The molecule has 0 radical (unpaired) electrons. The summed E-state index contributed by atoms with van der Waals surface area (Å²) in [5, 5.41) is 17.5. The molecule has 0 bridgehead atoms. The van der Waals surface area contributed by atoms with Gasteiger partial charge in [0.15, 0.2) is 0 Å². The van der Waals surface area contributed by atoms with Crippen LogP contribution in [0.15, 0.2) is 11.7 Å². The third-order valence-corrected chi connectivity index (χ3v) is 4.30. The molecule has 2 aromatic rings. The molecule has 0 spiro atoms. The summed E-state index contributed by atoms with van der Waals surface area (Å²) in [6, 6.07) is 0.236. The van der Waals surface area contributed by atoms with Crippen molar-refractivity contribution in [2.75, 3.05) is 0 Å². The van der Waals surface area contributed by atoms with Crippen LogP contribution in [0.25, 0.3) is 0 Å². The van der Waals surface area contributed by atoms with Crippen molar-refractivity contribution in [1.82, 2.24) is 19.7 Å². The van der Waals surface area contributed by atoms with Crippen molar-refractivity contribution in [2.45, 2.75) is 58.6 Å². The van der Waals surface area contributed by atoms with Gasteiger partial charge in [0.05, 0.1) is 10.7 Å². The van der Waals surface area contributed by atoms with Gasteiger partial charge in [-0.3, -0.25) is 0 Å². The van der Waals surface area contributed by atoms with Gasteiger partial charge < -0.3 is 5.11 Å². The van der Waals surface area contributed by atoms with Crippen molar-refractivity contribution in [1.29, 1.82) is 0 Å². The second kappa shape index (κ2) is 5.61. The van der Waals surface area contributed by atoms with Crippen molar-refractivity contribution in [3.63, 3.8) is 0 Å². The minimum atomic E-state index is -0.635. The van der Waals surface area contributed by atoms with E-state index in [9.17, 15) is 5.11 Å². The lowest BCUT2D eigenvalue weighted by Crippen LogP contribution is -2.14. The van der Waals surface area contributed by atoms with Gasteiger partial charge in [0.2, 0.25) is 0 Å². The number of aromatic nitrogens is 4. The Morgan fingerprint density at radius 1 is 1.35 bits per heavy atom. The first-order valence-corrected chi connectivity index (χ1v) is 7.69.